The van der Waals surface area contributed by atoms with Crippen molar-refractivity contribution in [3.8, 4) is 0 Å². The van der Waals surface area contributed by atoms with E-state index in [1.54, 1.807) is 0 Å². The van der Waals surface area contributed by atoms with Gasteiger partial charge >= 0.3 is 0 Å². The number of hydrogen-bond acceptors (Lipinski definition) is 2. The van der Waals surface area contributed by atoms with Gasteiger partial charge in [0.1, 0.15) is 0 Å². The highest BCUT2D eigenvalue weighted by atomic mass is 15.2. The van der Waals surface area contributed by atoms with Crippen LogP contribution in [0.25, 0.3) is 0 Å². The molecule has 1 aliphatic carbocycles. The first-order valence-corrected chi connectivity index (χ1v) is 7.73. The van der Waals surface area contributed by atoms with Gasteiger partial charge in [-0.25, -0.2) is 0 Å². The van der Waals surface area contributed by atoms with Crippen molar-refractivity contribution in [2.24, 2.45) is 5.73 Å². The number of nitrogens with two attached hydrogens (primary N) is 1. The van der Waals surface area contributed by atoms with Gasteiger partial charge in [0.25, 0.3) is 0 Å². The predicted molar refractivity (Wildman–Crippen MR) is 82.3 cm³/mol. The van der Waals surface area contributed by atoms with Crippen molar-refractivity contribution in [1.82, 2.24) is 4.90 Å². The minimum atomic E-state index is 0.615. The maximum Gasteiger partial charge on any atom is 0.0237 e. The Morgan fingerprint density at radius 2 is 1.79 bits per heavy atom. The van der Waals surface area contributed by atoms with Crippen molar-refractivity contribution in [1.29, 1.82) is 0 Å². The SMILES string of the molecule is CC(C)c1ccc(CN(CCN)C2CCCC2)cc1. The molecule has 0 atom stereocenters. The van der Waals surface area contributed by atoms with Gasteiger partial charge < -0.3 is 5.73 Å². The minimum absolute atomic E-state index is 0.615. The molecule has 0 aromatic heterocycles. The van der Waals surface area contributed by atoms with Crippen LogP contribution in [0.2, 0.25) is 0 Å². The molecule has 0 radical (unpaired) electrons. The summed E-state index contributed by atoms with van der Waals surface area (Å²) in [7, 11) is 0. The molecule has 2 rings (SSSR count). The van der Waals surface area contributed by atoms with Gasteiger partial charge in [0, 0.05) is 25.7 Å². The molecule has 2 N–H and O–H groups in total. The lowest BCUT2D eigenvalue weighted by atomic mass is 10.0. The number of rotatable bonds is 6. The maximum atomic E-state index is 5.77. The van der Waals surface area contributed by atoms with Crippen LogP contribution < -0.4 is 5.73 Å². The topological polar surface area (TPSA) is 29.3 Å². The maximum absolute atomic E-state index is 5.77. The Morgan fingerprint density at radius 1 is 1.16 bits per heavy atom. The van der Waals surface area contributed by atoms with Crippen LogP contribution >= 0.6 is 0 Å². The highest BCUT2D eigenvalue weighted by molar-refractivity contribution is 5.24. The third-order valence-electron chi connectivity index (χ3n) is 4.29. The van der Waals surface area contributed by atoms with E-state index in [-0.39, 0.29) is 0 Å². The fourth-order valence-electron chi connectivity index (χ4n) is 3.07. The summed E-state index contributed by atoms with van der Waals surface area (Å²) in [6.07, 6.45) is 5.48. The van der Waals surface area contributed by atoms with Crippen molar-refractivity contribution >= 4 is 0 Å². The fourth-order valence-corrected chi connectivity index (χ4v) is 3.07. The molecule has 0 bridgehead atoms. The normalized spacial score (nSPS) is 16.7. The second kappa shape index (κ2) is 7.06. The Balaban J connectivity index is 1.99. The Labute approximate surface area is 118 Å². The summed E-state index contributed by atoms with van der Waals surface area (Å²) in [6.45, 7) is 7.33. The van der Waals surface area contributed by atoms with Gasteiger partial charge in [-0.15, -0.1) is 0 Å². The zero-order chi connectivity index (χ0) is 13.7. The smallest absolute Gasteiger partial charge is 0.0237 e. The molecular weight excluding hydrogens is 232 g/mol. The Morgan fingerprint density at radius 3 is 2.32 bits per heavy atom. The van der Waals surface area contributed by atoms with E-state index in [9.17, 15) is 0 Å². The van der Waals surface area contributed by atoms with Gasteiger partial charge in [-0.3, -0.25) is 4.90 Å². The van der Waals surface area contributed by atoms with Crippen LogP contribution in [0, 0.1) is 0 Å². The number of hydrogen-bond donors (Lipinski definition) is 1. The van der Waals surface area contributed by atoms with Crippen molar-refractivity contribution in [3.63, 3.8) is 0 Å². The summed E-state index contributed by atoms with van der Waals surface area (Å²) in [5, 5.41) is 0. The van der Waals surface area contributed by atoms with Crippen LogP contribution in [0.5, 0.6) is 0 Å². The van der Waals surface area contributed by atoms with Crippen LogP contribution in [-0.4, -0.2) is 24.0 Å². The van der Waals surface area contributed by atoms with E-state index in [0.717, 1.165) is 25.7 Å². The standard InChI is InChI=1S/C17H28N2/c1-14(2)16-9-7-15(8-10-16)13-19(12-11-18)17-5-3-4-6-17/h7-10,14,17H,3-6,11-13,18H2,1-2H3. The van der Waals surface area contributed by atoms with Gasteiger partial charge in [0.05, 0.1) is 0 Å². The summed E-state index contributed by atoms with van der Waals surface area (Å²) >= 11 is 0. The lowest BCUT2D eigenvalue weighted by molar-refractivity contribution is 0.195. The van der Waals surface area contributed by atoms with Crippen LogP contribution in [0.1, 0.15) is 56.6 Å². The Bertz CT molecular complexity index is 363. The minimum Gasteiger partial charge on any atom is -0.329 e. The van der Waals surface area contributed by atoms with E-state index < -0.39 is 0 Å². The zero-order valence-electron chi connectivity index (χ0n) is 12.4. The molecule has 2 nitrogen and oxygen atoms in total. The molecular formula is C17H28N2. The first-order valence-electron chi connectivity index (χ1n) is 7.73. The van der Waals surface area contributed by atoms with Crippen LogP contribution in [0.3, 0.4) is 0 Å². The van der Waals surface area contributed by atoms with Gasteiger partial charge in [-0.2, -0.15) is 0 Å². The molecule has 2 heteroatoms. The van der Waals surface area contributed by atoms with Crippen LogP contribution in [0.4, 0.5) is 0 Å². The van der Waals surface area contributed by atoms with E-state index in [4.69, 9.17) is 5.73 Å². The predicted octanol–water partition coefficient (Wildman–Crippen LogP) is 3.51. The quantitative estimate of drug-likeness (QED) is 0.848. The van der Waals surface area contributed by atoms with Crippen molar-refractivity contribution in [2.45, 2.75) is 58.0 Å². The lowest BCUT2D eigenvalue weighted by Gasteiger charge is -2.28. The molecule has 0 spiro atoms. The monoisotopic (exact) mass is 260 g/mol. The summed E-state index contributed by atoms with van der Waals surface area (Å²) in [4.78, 5) is 2.58. The van der Waals surface area contributed by atoms with E-state index in [1.807, 2.05) is 0 Å². The molecule has 1 aromatic rings. The third kappa shape index (κ3) is 4.05. The second-order valence-electron chi connectivity index (χ2n) is 6.09. The second-order valence-corrected chi connectivity index (χ2v) is 6.09. The van der Waals surface area contributed by atoms with Gasteiger partial charge in [-0.1, -0.05) is 51.0 Å². The highest BCUT2D eigenvalue weighted by Crippen LogP contribution is 2.25. The molecule has 1 aliphatic rings. The average Bonchev–Trinajstić information content (AvgIpc) is 2.92. The van der Waals surface area contributed by atoms with Crippen molar-refractivity contribution < 1.29 is 0 Å². The number of nitrogens with zero attached hydrogens (tertiary/aromatic N) is 1. The molecule has 1 saturated carbocycles. The van der Waals surface area contributed by atoms with E-state index in [1.165, 1.54) is 36.8 Å². The third-order valence-corrected chi connectivity index (χ3v) is 4.29. The molecule has 19 heavy (non-hydrogen) atoms. The lowest BCUT2D eigenvalue weighted by Crippen LogP contribution is -2.36. The van der Waals surface area contributed by atoms with Crippen molar-refractivity contribution in [2.75, 3.05) is 13.1 Å². The number of benzene rings is 1. The van der Waals surface area contributed by atoms with Crippen LogP contribution in [-0.2, 0) is 6.54 Å². The summed E-state index contributed by atoms with van der Waals surface area (Å²) in [5.41, 5.74) is 8.62. The molecule has 0 aliphatic heterocycles. The highest BCUT2D eigenvalue weighted by Gasteiger charge is 2.21. The van der Waals surface area contributed by atoms with Crippen molar-refractivity contribution in [3.05, 3.63) is 35.4 Å². The molecule has 106 valence electrons. The first-order chi connectivity index (χ1) is 9.20. The summed E-state index contributed by atoms with van der Waals surface area (Å²) in [6, 6.07) is 9.87. The van der Waals surface area contributed by atoms with Gasteiger partial charge in [-0.05, 0) is 29.9 Å². The molecule has 0 unspecified atom stereocenters. The van der Waals surface area contributed by atoms with E-state index in [2.05, 4.69) is 43.0 Å². The van der Waals surface area contributed by atoms with E-state index in [0.29, 0.717) is 5.92 Å². The fraction of sp³-hybridized carbons (Fsp3) is 0.647. The summed E-state index contributed by atoms with van der Waals surface area (Å²) < 4.78 is 0. The van der Waals surface area contributed by atoms with Crippen LogP contribution in [0.15, 0.2) is 24.3 Å². The first kappa shape index (κ1) is 14.5. The Kier molecular flexibility index (Phi) is 5.41. The van der Waals surface area contributed by atoms with Gasteiger partial charge in [0.2, 0.25) is 0 Å². The Hall–Kier alpha value is -0.860. The van der Waals surface area contributed by atoms with Gasteiger partial charge in [0.15, 0.2) is 0 Å². The van der Waals surface area contributed by atoms with E-state index >= 15 is 0 Å². The molecule has 0 amide bonds. The average molecular weight is 260 g/mol. The molecule has 0 saturated heterocycles. The zero-order valence-corrected chi connectivity index (χ0v) is 12.4. The largest absolute Gasteiger partial charge is 0.329 e. The summed E-state index contributed by atoms with van der Waals surface area (Å²) in [5.74, 6) is 0.615. The molecule has 1 aromatic carbocycles. The molecule has 1 fully saturated rings. The molecule has 0 heterocycles.